The fourth-order valence-electron chi connectivity index (χ4n) is 2.41. The zero-order valence-electron chi connectivity index (χ0n) is 12.6. The molecule has 0 aromatic rings. The van der Waals surface area contributed by atoms with Gasteiger partial charge in [0.25, 0.3) is 0 Å². The predicted molar refractivity (Wildman–Crippen MR) is 80.5 cm³/mol. The van der Waals surface area contributed by atoms with Crippen molar-refractivity contribution < 1.29 is 9.53 Å². The van der Waals surface area contributed by atoms with Crippen molar-refractivity contribution in [1.29, 1.82) is 0 Å². The number of likely N-dealkylation sites (tertiary alicyclic amines) is 1. The number of nitrogens with two attached hydrogens (primary N) is 1. The standard InChI is InChI=1S/C14H28N2O2.ClH/c1-14(2,3)7-5-13(17)16-8-6-12(18-4)9-11(16)10-15;/h11-12H,5-10,15H2,1-4H3;1H. The lowest BCUT2D eigenvalue weighted by atomic mass is 9.89. The molecule has 2 N–H and O–H groups in total. The summed E-state index contributed by atoms with van der Waals surface area (Å²) in [4.78, 5) is 14.2. The van der Waals surface area contributed by atoms with Crippen LogP contribution in [0.3, 0.4) is 0 Å². The molecule has 1 heterocycles. The topological polar surface area (TPSA) is 55.6 Å². The van der Waals surface area contributed by atoms with Gasteiger partial charge in [-0.3, -0.25) is 4.79 Å². The number of amides is 1. The predicted octanol–water partition coefficient (Wildman–Crippen LogP) is 2.20. The smallest absolute Gasteiger partial charge is 0.222 e. The molecule has 0 aliphatic carbocycles. The van der Waals surface area contributed by atoms with Gasteiger partial charge in [0.15, 0.2) is 0 Å². The molecule has 0 aromatic heterocycles. The van der Waals surface area contributed by atoms with Gasteiger partial charge in [0.1, 0.15) is 0 Å². The number of nitrogens with zero attached hydrogens (tertiary/aromatic N) is 1. The van der Waals surface area contributed by atoms with Crippen molar-refractivity contribution in [3.8, 4) is 0 Å². The van der Waals surface area contributed by atoms with Crippen LogP contribution in [0.25, 0.3) is 0 Å². The van der Waals surface area contributed by atoms with E-state index in [9.17, 15) is 4.79 Å². The van der Waals surface area contributed by atoms with Crippen LogP contribution in [0.4, 0.5) is 0 Å². The lowest BCUT2D eigenvalue weighted by Crippen LogP contribution is -2.51. The highest BCUT2D eigenvalue weighted by Gasteiger charge is 2.30. The minimum atomic E-state index is 0. The molecule has 5 heteroatoms. The second-order valence-electron chi connectivity index (χ2n) is 6.42. The number of methoxy groups -OCH3 is 1. The van der Waals surface area contributed by atoms with Gasteiger partial charge >= 0.3 is 0 Å². The summed E-state index contributed by atoms with van der Waals surface area (Å²) < 4.78 is 5.37. The molecule has 0 aromatic carbocycles. The van der Waals surface area contributed by atoms with Gasteiger partial charge in [-0.1, -0.05) is 20.8 Å². The van der Waals surface area contributed by atoms with Crippen LogP contribution in [0, 0.1) is 5.41 Å². The maximum absolute atomic E-state index is 12.2. The maximum Gasteiger partial charge on any atom is 0.222 e. The molecule has 1 amide bonds. The van der Waals surface area contributed by atoms with E-state index < -0.39 is 0 Å². The van der Waals surface area contributed by atoms with Crippen LogP contribution in [-0.4, -0.2) is 43.2 Å². The van der Waals surface area contributed by atoms with E-state index in [1.807, 2.05) is 4.90 Å². The second kappa shape index (κ2) is 8.08. The molecule has 1 rings (SSSR count). The number of piperidine rings is 1. The van der Waals surface area contributed by atoms with Crippen LogP contribution in [-0.2, 0) is 9.53 Å². The molecule has 1 aliphatic heterocycles. The summed E-state index contributed by atoms with van der Waals surface area (Å²) in [5.41, 5.74) is 5.99. The summed E-state index contributed by atoms with van der Waals surface area (Å²) in [5.74, 6) is 0.245. The molecular formula is C14H29ClN2O2. The third-order valence-corrected chi connectivity index (χ3v) is 3.68. The molecule has 0 bridgehead atoms. The number of ether oxygens (including phenoxy) is 1. The fourth-order valence-corrected chi connectivity index (χ4v) is 2.41. The number of hydrogen-bond acceptors (Lipinski definition) is 3. The van der Waals surface area contributed by atoms with Gasteiger partial charge in [0, 0.05) is 32.7 Å². The van der Waals surface area contributed by atoms with E-state index in [2.05, 4.69) is 20.8 Å². The Morgan fingerprint density at radius 1 is 1.42 bits per heavy atom. The molecule has 2 unspecified atom stereocenters. The third kappa shape index (κ3) is 6.11. The van der Waals surface area contributed by atoms with Crippen LogP contribution < -0.4 is 5.73 Å². The van der Waals surface area contributed by atoms with Gasteiger partial charge in [-0.2, -0.15) is 0 Å². The Morgan fingerprint density at radius 2 is 2.05 bits per heavy atom. The van der Waals surface area contributed by atoms with E-state index in [1.54, 1.807) is 7.11 Å². The number of carbonyl (C=O) groups excluding carboxylic acids is 1. The molecule has 0 radical (unpaired) electrons. The molecule has 19 heavy (non-hydrogen) atoms. The average molecular weight is 293 g/mol. The van der Waals surface area contributed by atoms with E-state index in [-0.39, 0.29) is 35.9 Å². The van der Waals surface area contributed by atoms with Crippen molar-refractivity contribution in [2.75, 3.05) is 20.2 Å². The van der Waals surface area contributed by atoms with E-state index in [0.29, 0.717) is 13.0 Å². The molecule has 114 valence electrons. The summed E-state index contributed by atoms with van der Waals surface area (Å²) in [7, 11) is 1.73. The van der Waals surface area contributed by atoms with Crippen molar-refractivity contribution in [3.63, 3.8) is 0 Å². The molecule has 0 spiro atoms. The Morgan fingerprint density at radius 3 is 2.53 bits per heavy atom. The molecule has 0 saturated carbocycles. The zero-order valence-corrected chi connectivity index (χ0v) is 13.5. The molecule has 2 atom stereocenters. The first-order valence-electron chi connectivity index (χ1n) is 6.89. The first kappa shape index (κ1) is 18.7. The van der Waals surface area contributed by atoms with E-state index in [4.69, 9.17) is 10.5 Å². The number of halogens is 1. The second-order valence-corrected chi connectivity index (χ2v) is 6.42. The van der Waals surface area contributed by atoms with Gasteiger partial charge in [-0.15, -0.1) is 12.4 Å². The van der Waals surface area contributed by atoms with Crippen LogP contribution in [0.1, 0.15) is 46.5 Å². The van der Waals surface area contributed by atoms with Crippen molar-refractivity contribution >= 4 is 18.3 Å². The first-order valence-corrected chi connectivity index (χ1v) is 6.89. The van der Waals surface area contributed by atoms with Crippen LogP contribution >= 0.6 is 12.4 Å². The van der Waals surface area contributed by atoms with E-state index in [1.165, 1.54) is 0 Å². The van der Waals surface area contributed by atoms with Crippen molar-refractivity contribution in [1.82, 2.24) is 4.90 Å². The molecule has 1 saturated heterocycles. The van der Waals surface area contributed by atoms with E-state index >= 15 is 0 Å². The summed E-state index contributed by atoms with van der Waals surface area (Å²) in [5, 5.41) is 0. The Labute approximate surface area is 123 Å². The highest BCUT2D eigenvalue weighted by atomic mass is 35.5. The van der Waals surface area contributed by atoms with Crippen LogP contribution in [0.2, 0.25) is 0 Å². The molecule has 1 aliphatic rings. The lowest BCUT2D eigenvalue weighted by Gasteiger charge is -2.39. The van der Waals surface area contributed by atoms with Crippen molar-refractivity contribution in [2.45, 2.75) is 58.6 Å². The zero-order chi connectivity index (χ0) is 13.8. The minimum absolute atomic E-state index is 0. The normalized spacial score (nSPS) is 23.9. The number of rotatable bonds is 4. The Bertz CT molecular complexity index is 279. The highest BCUT2D eigenvalue weighted by Crippen LogP contribution is 2.24. The number of carbonyl (C=O) groups is 1. The molecular weight excluding hydrogens is 264 g/mol. The Balaban J connectivity index is 0.00000324. The largest absolute Gasteiger partial charge is 0.381 e. The summed E-state index contributed by atoms with van der Waals surface area (Å²) in [6, 6.07) is 0.149. The summed E-state index contributed by atoms with van der Waals surface area (Å²) >= 11 is 0. The SMILES string of the molecule is COC1CCN(C(=O)CCC(C)(C)C)C(CN)C1.Cl. The van der Waals surface area contributed by atoms with Gasteiger partial charge in [-0.25, -0.2) is 0 Å². The van der Waals surface area contributed by atoms with E-state index in [0.717, 1.165) is 25.8 Å². The van der Waals surface area contributed by atoms with Crippen LogP contribution in [0.15, 0.2) is 0 Å². The van der Waals surface area contributed by atoms with Gasteiger partial charge < -0.3 is 15.4 Å². The van der Waals surface area contributed by atoms with Gasteiger partial charge in [-0.05, 0) is 24.7 Å². The van der Waals surface area contributed by atoms with Gasteiger partial charge in [0.05, 0.1) is 6.10 Å². The third-order valence-electron chi connectivity index (χ3n) is 3.68. The summed E-state index contributed by atoms with van der Waals surface area (Å²) in [6.45, 7) is 7.80. The quantitative estimate of drug-likeness (QED) is 0.864. The minimum Gasteiger partial charge on any atom is -0.381 e. The fraction of sp³-hybridized carbons (Fsp3) is 0.929. The molecule has 1 fully saturated rings. The van der Waals surface area contributed by atoms with Crippen molar-refractivity contribution in [3.05, 3.63) is 0 Å². The monoisotopic (exact) mass is 292 g/mol. The van der Waals surface area contributed by atoms with Crippen molar-refractivity contribution in [2.24, 2.45) is 11.1 Å². The highest BCUT2D eigenvalue weighted by molar-refractivity contribution is 5.85. The van der Waals surface area contributed by atoms with Crippen LogP contribution in [0.5, 0.6) is 0 Å². The lowest BCUT2D eigenvalue weighted by molar-refractivity contribution is -0.137. The molecule has 4 nitrogen and oxygen atoms in total. The first-order chi connectivity index (χ1) is 8.37. The maximum atomic E-state index is 12.2. The van der Waals surface area contributed by atoms with Gasteiger partial charge in [0.2, 0.25) is 5.91 Å². The number of hydrogen-bond donors (Lipinski definition) is 1. The Kier molecular flexibility index (Phi) is 7.94. The average Bonchev–Trinajstić information content (AvgIpc) is 2.34. The Hall–Kier alpha value is -0.320. The summed E-state index contributed by atoms with van der Waals surface area (Å²) in [6.07, 6.45) is 3.60.